The Hall–Kier alpha value is 1.20. The molecular formula is C14H22N2O2S4Se2. The monoisotopic (exact) mass is 538 g/mol. The zero-order valence-electron chi connectivity index (χ0n) is 13.0. The molecule has 0 aromatic rings. The Morgan fingerprint density at radius 2 is 1.25 bits per heavy atom. The van der Waals surface area contributed by atoms with Gasteiger partial charge in [-0.05, 0) is 0 Å². The van der Waals surface area contributed by atoms with Gasteiger partial charge in [0.1, 0.15) is 0 Å². The van der Waals surface area contributed by atoms with Crippen LogP contribution >= 0.6 is 50.5 Å². The normalized spacial score (nSPS) is 27.4. The first-order valence-corrected chi connectivity index (χ1v) is 14.0. The van der Waals surface area contributed by atoms with E-state index in [1.165, 1.54) is 0 Å². The molecule has 2 rings (SSSR count). The molecule has 136 valence electrons. The molecule has 0 aliphatic carbocycles. The standard InChI is InChI=1S/C8H8N2O2Se.C6H14S4Se/c11-3-9-5-1-7-6(10-4-12)2-8(5)13-7;7-1-5(2-8)11-6(3-9)4-10/h5-8H,1-2H2;5-10H,1-4H2. The van der Waals surface area contributed by atoms with Gasteiger partial charge in [-0.1, -0.05) is 0 Å². The van der Waals surface area contributed by atoms with Gasteiger partial charge in [0.15, 0.2) is 0 Å². The molecule has 10 heteroatoms. The second-order valence-electron chi connectivity index (χ2n) is 5.37. The Balaban J connectivity index is 0.000000245. The summed E-state index contributed by atoms with van der Waals surface area (Å²) in [7, 11) is 0. The van der Waals surface area contributed by atoms with Crippen molar-refractivity contribution in [2.75, 3.05) is 23.0 Å². The molecule has 2 bridgehead atoms. The van der Waals surface area contributed by atoms with Gasteiger partial charge < -0.3 is 0 Å². The average Bonchev–Trinajstić information content (AvgIpc) is 3.17. The van der Waals surface area contributed by atoms with Crippen molar-refractivity contribution in [1.29, 1.82) is 0 Å². The van der Waals surface area contributed by atoms with E-state index in [-0.39, 0.29) is 12.1 Å². The van der Waals surface area contributed by atoms with Gasteiger partial charge in [-0.15, -0.1) is 0 Å². The van der Waals surface area contributed by atoms with Gasteiger partial charge in [0.25, 0.3) is 0 Å². The maximum atomic E-state index is 10.1. The Kier molecular flexibility index (Phi) is 13.0. The van der Waals surface area contributed by atoms with Gasteiger partial charge in [-0.2, -0.15) is 0 Å². The third-order valence-electron chi connectivity index (χ3n) is 3.79. The summed E-state index contributed by atoms with van der Waals surface area (Å²) < 4.78 is 0. The molecule has 4 nitrogen and oxygen atoms in total. The average molecular weight is 537 g/mol. The van der Waals surface area contributed by atoms with E-state index < -0.39 is 0 Å². The molecular weight excluding hydrogens is 514 g/mol. The Morgan fingerprint density at radius 3 is 1.50 bits per heavy atom. The van der Waals surface area contributed by atoms with Crippen molar-refractivity contribution in [1.82, 2.24) is 0 Å². The Morgan fingerprint density at radius 1 is 0.875 bits per heavy atom. The second kappa shape index (κ2) is 13.4. The molecule has 2 saturated heterocycles. The SMILES string of the molecule is O=C=NC1CC2[Se]C1CC2N=C=O.SCC(CS)[Se]C(CS)CS. The van der Waals surface area contributed by atoms with E-state index >= 15 is 0 Å². The van der Waals surface area contributed by atoms with Crippen molar-refractivity contribution in [3.8, 4) is 0 Å². The van der Waals surface area contributed by atoms with Crippen LogP contribution in [0.3, 0.4) is 0 Å². The third-order valence-corrected chi connectivity index (χ3v) is 14.4. The summed E-state index contributed by atoms with van der Waals surface area (Å²) in [5.74, 6) is 3.78. The number of hydrogen-bond donors (Lipinski definition) is 4. The van der Waals surface area contributed by atoms with Crippen molar-refractivity contribution in [2.24, 2.45) is 9.98 Å². The van der Waals surface area contributed by atoms with Gasteiger partial charge in [-0.3, -0.25) is 0 Å². The predicted octanol–water partition coefficient (Wildman–Crippen LogP) is 2.47. The van der Waals surface area contributed by atoms with Crippen LogP contribution < -0.4 is 0 Å². The molecule has 0 aromatic heterocycles. The van der Waals surface area contributed by atoms with Crippen LogP contribution in [0.1, 0.15) is 12.8 Å². The van der Waals surface area contributed by atoms with Crippen LogP contribution in [0, 0.1) is 0 Å². The van der Waals surface area contributed by atoms with Crippen LogP contribution in [0.25, 0.3) is 0 Å². The molecule has 2 aliphatic heterocycles. The van der Waals surface area contributed by atoms with Gasteiger partial charge in [0.2, 0.25) is 0 Å². The first-order valence-electron chi connectivity index (χ1n) is 7.51. The zero-order valence-corrected chi connectivity index (χ0v) is 20.0. The minimum absolute atomic E-state index is 0.167. The van der Waals surface area contributed by atoms with E-state index in [1.807, 2.05) is 0 Å². The van der Waals surface area contributed by atoms with Crippen LogP contribution in [-0.4, -0.2) is 77.2 Å². The topological polar surface area (TPSA) is 58.9 Å². The van der Waals surface area contributed by atoms with Crippen molar-refractivity contribution in [3.05, 3.63) is 0 Å². The van der Waals surface area contributed by atoms with Gasteiger partial charge in [0.05, 0.1) is 0 Å². The third kappa shape index (κ3) is 7.44. The second-order valence-corrected chi connectivity index (χ2v) is 13.3. The molecule has 4 atom stereocenters. The number of hydrogen-bond acceptors (Lipinski definition) is 8. The number of aliphatic imine (C=N–C) groups is 2. The first kappa shape index (κ1) is 23.2. The predicted molar refractivity (Wildman–Crippen MR) is 115 cm³/mol. The molecule has 2 aliphatic rings. The summed E-state index contributed by atoms with van der Waals surface area (Å²) in [5, 5.41) is 0. The fraction of sp³-hybridized carbons (Fsp3) is 0.857. The Labute approximate surface area is 178 Å². The Bertz CT molecular complexity index is 428. The van der Waals surface area contributed by atoms with Gasteiger partial charge >= 0.3 is 179 Å². The maximum absolute atomic E-state index is 10.1. The van der Waals surface area contributed by atoms with Gasteiger partial charge in [-0.25, -0.2) is 0 Å². The fourth-order valence-electron chi connectivity index (χ4n) is 2.58. The van der Waals surface area contributed by atoms with Crippen molar-refractivity contribution < 1.29 is 9.59 Å². The number of isocyanates is 2. The molecule has 0 amide bonds. The van der Waals surface area contributed by atoms with E-state index in [0.717, 1.165) is 35.9 Å². The van der Waals surface area contributed by atoms with Crippen LogP contribution in [0.15, 0.2) is 9.98 Å². The molecule has 4 unspecified atom stereocenters. The molecule has 2 fully saturated rings. The van der Waals surface area contributed by atoms with E-state index in [1.54, 1.807) is 12.2 Å². The van der Waals surface area contributed by atoms with E-state index in [0.29, 0.717) is 49.2 Å². The number of carbonyl (C=O) groups excluding carboxylic acids is 2. The minimum atomic E-state index is 0.167. The van der Waals surface area contributed by atoms with E-state index in [4.69, 9.17) is 0 Å². The molecule has 2 heterocycles. The number of fused-ring (bicyclic) bond motifs is 2. The summed E-state index contributed by atoms with van der Waals surface area (Å²) in [4.78, 5) is 30.0. The van der Waals surface area contributed by atoms with Crippen LogP contribution in [-0.2, 0) is 9.59 Å². The molecule has 0 aromatic carbocycles. The molecule has 24 heavy (non-hydrogen) atoms. The van der Waals surface area contributed by atoms with Crippen LogP contribution in [0.2, 0.25) is 19.3 Å². The summed E-state index contributed by atoms with van der Waals surface area (Å²) >= 11 is 18.2. The summed E-state index contributed by atoms with van der Waals surface area (Å²) in [6, 6.07) is 0.334. The van der Waals surface area contributed by atoms with Crippen LogP contribution in [0.5, 0.6) is 0 Å². The zero-order chi connectivity index (χ0) is 17.9. The molecule has 0 saturated carbocycles. The van der Waals surface area contributed by atoms with E-state index in [2.05, 4.69) is 60.5 Å². The van der Waals surface area contributed by atoms with Crippen molar-refractivity contribution in [3.63, 3.8) is 0 Å². The number of nitrogens with zero attached hydrogens (tertiary/aromatic N) is 2. The quantitative estimate of drug-likeness (QED) is 0.167. The molecule has 0 spiro atoms. The van der Waals surface area contributed by atoms with Crippen molar-refractivity contribution >= 4 is 92.6 Å². The molecule has 0 N–H and O–H groups in total. The number of rotatable bonds is 8. The van der Waals surface area contributed by atoms with Crippen LogP contribution in [0.4, 0.5) is 0 Å². The molecule has 0 radical (unpaired) electrons. The fourth-order valence-corrected chi connectivity index (χ4v) is 10.9. The summed E-state index contributed by atoms with van der Waals surface area (Å²) in [6.45, 7) is 0. The summed E-state index contributed by atoms with van der Waals surface area (Å²) in [5.41, 5.74) is 0. The van der Waals surface area contributed by atoms with E-state index in [9.17, 15) is 9.59 Å². The van der Waals surface area contributed by atoms with Gasteiger partial charge in [0, 0.05) is 0 Å². The van der Waals surface area contributed by atoms with Crippen molar-refractivity contribution in [2.45, 2.75) is 44.2 Å². The first-order chi connectivity index (χ1) is 11.6. The summed E-state index contributed by atoms with van der Waals surface area (Å²) in [6.07, 6.45) is 5.06. The number of thiol groups is 4.